The predicted molar refractivity (Wildman–Crippen MR) is 76.5 cm³/mol. The van der Waals surface area contributed by atoms with Crippen LogP contribution < -0.4 is 4.74 Å². The van der Waals surface area contributed by atoms with Gasteiger partial charge in [0.1, 0.15) is 17.3 Å². The van der Waals surface area contributed by atoms with Gasteiger partial charge in [0, 0.05) is 6.42 Å². The molecular formula is C15H17BrO2. The van der Waals surface area contributed by atoms with Crippen molar-refractivity contribution in [2.24, 2.45) is 0 Å². The number of hydrogen-bond acceptors (Lipinski definition) is 2. The highest BCUT2D eigenvalue weighted by molar-refractivity contribution is 9.09. The standard InChI is InChI=1S/C15H17BrO2/c1-3-12-7-8-15(18-12)14(16)10-11-5-4-6-13(9-11)17-2/h4-9,14H,3,10H2,1-2H3. The second-order valence-electron chi connectivity index (χ2n) is 4.18. The lowest BCUT2D eigenvalue weighted by atomic mass is 10.1. The van der Waals surface area contributed by atoms with Crippen LogP contribution in [0.3, 0.4) is 0 Å². The first-order valence-electron chi connectivity index (χ1n) is 6.08. The smallest absolute Gasteiger partial charge is 0.119 e. The highest BCUT2D eigenvalue weighted by Gasteiger charge is 2.13. The van der Waals surface area contributed by atoms with Crippen LogP contribution in [0.25, 0.3) is 0 Å². The van der Waals surface area contributed by atoms with Crippen LogP contribution in [0.5, 0.6) is 5.75 Å². The Hall–Kier alpha value is -1.22. The van der Waals surface area contributed by atoms with Gasteiger partial charge in [-0.25, -0.2) is 0 Å². The van der Waals surface area contributed by atoms with E-state index in [0.29, 0.717) is 0 Å². The highest BCUT2D eigenvalue weighted by atomic mass is 79.9. The van der Waals surface area contributed by atoms with E-state index in [1.54, 1.807) is 7.11 Å². The Morgan fingerprint density at radius 3 is 2.78 bits per heavy atom. The quantitative estimate of drug-likeness (QED) is 0.757. The molecule has 0 aliphatic carbocycles. The third-order valence-electron chi connectivity index (χ3n) is 2.89. The molecule has 96 valence electrons. The third kappa shape index (κ3) is 3.16. The maximum Gasteiger partial charge on any atom is 0.119 e. The van der Waals surface area contributed by atoms with Crippen molar-refractivity contribution in [1.82, 2.24) is 0 Å². The van der Waals surface area contributed by atoms with Crippen molar-refractivity contribution < 1.29 is 9.15 Å². The molecule has 0 amide bonds. The van der Waals surface area contributed by atoms with Crippen molar-refractivity contribution >= 4 is 15.9 Å². The van der Waals surface area contributed by atoms with E-state index in [1.165, 1.54) is 5.56 Å². The van der Waals surface area contributed by atoms with Crippen LogP contribution in [0.1, 0.15) is 28.8 Å². The molecule has 1 atom stereocenters. The first-order valence-corrected chi connectivity index (χ1v) is 7.00. The largest absolute Gasteiger partial charge is 0.497 e. The minimum absolute atomic E-state index is 0.199. The summed E-state index contributed by atoms with van der Waals surface area (Å²) in [5.41, 5.74) is 1.23. The lowest BCUT2D eigenvalue weighted by Gasteiger charge is -2.08. The van der Waals surface area contributed by atoms with E-state index in [-0.39, 0.29) is 4.83 Å². The van der Waals surface area contributed by atoms with Crippen LogP contribution in [0.2, 0.25) is 0 Å². The minimum Gasteiger partial charge on any atom is -0.497 e. The number of methoxy groups -OCH3 is 1. The monoisotopic (exact) mass is 308 g/mol. The van der Waals surface area contributed by atoms with Gasteiger partial charge in [-0.3, -0.25) is 0 Å². The van der Waals surface area contributed by atoms with E-state index in [4.69, 9.17) is 9.15 Å². The van der Waals surface area contributed by atoms with Crippen LogP contribution in [0, 0.1) is 0 Å². The second-order valence-corrected chi connectivity index (χ2v) is 5.29. The predicted octanol–water partition coefficient (Wildman–Crippen LogP) is 4.53. The zero-order valence-electron chi connectivity index (χ0n) is 10.7. The summed E-state index contributed by atoms with van der Waals surface area (Å²) in [4.78, 5) is 0.199. The summed E-state index contributed by atoms with van der Waals surface area (Å²) in [5.74, 6) is 2.90. The van der Waals surface area contributed by atoms with Crippen LogP contribution in [-0.2, 0) is 12.8 Å². The van der Waals surface area contributed by atoms with Crippen molar-refractivity contribution in [1.29, 1.82) is 0 Å². The average Bonchev–Trinajstić information content (AvgIpc) is 2.88. The molecule has 2 aromatic rings. The molecular weight excluding hydrogens is 292 g/mol. The Labute approximate surface area is 116 Å². The molecule has 2 nitrogen and oxygen atoms in total. The van der Waals surface area contributed by atoms with Gasteiger partial charge >= 0.3 is 0 Å². The number of furan rings is 1. The number of aryl methyl sites for hydroxylation is 1. The van der Waals surface area contributed by atoms with E-state index in [2.05, 4.69) is 35.0 Å². The third-order valence-corrected chi connectivity index (χ3v) is 3.66. The maximum atomic E-state index is 5.75. The topological polar surface area (TPSA) is 22.4 Å². The molecule has 1 unspecified atom stereocenters. The van der Waals surface area contributed by atoms with E-state index >= 15 is 0 Å². The highest BCUT2D eigenvalue weighted by Crippen LogP contribution is 2.29. The zero-order chi connectivity index (χ0) is 13.0. The van der Waals surface area contributed by atoms with E-state index in [0.717, 1.165) is 30.1 Å². The Morgan fingerprint density at radius 1 is 1.28 bits per heavy atom. The summed E-state index contributed by atoms with van der Waals surface area (Å²) < 4.78 is 11.0. The normalized spacial score (nSPS) is 12.4. The number of ether oxygens (including phenoxy) is 1. The molecule has 0 bridgehead atoms. The van der Waals surface area contributed by atoms with Crippen molar-refractivity contribution in [3.63, 3.8) is 0 Å². The SMILES string of the molecule is CCc1ccc(C(Br)Cc2cccc(OC)c2)o1. The van der Waals surface area contributed by atoms with Crippen molar-refractivity contribution in [3.05, 3.63) is 53.5 Å². The van der Waals surface area contributed by atoms with Gasteiger partial charge in [0.25, 0.3) is 0 Å². The molecule has 0 saturated carbocycles. The molecule has 0 spiro atoms. The molecule has 18 heavy (non-hydrogen) atoms. The van der Waals surface area contributed by atoms with Gasteiger partial charge in [-0.1, -0.05) is 35.0 Å². The van der Waals surface area contributed by atoms with E-state index in [1.807, 2.05) is 24.3 Å². The summed E-state index contributed by atoms with van der Waals surface area (Å²) in [6.45, 7) is 2.09. The molecule has 0 radical (unpaired) electrons. The van der Waals surface area contributed by atoms with Gasteiger partial charge in [-0.05, 0) is 36.2 Å². The molecule has 0 aliphatic heterocycles. The molecule has 0 saturated heterocycles. The number of hydrogen-bond donors (Lipinski definition) is 0. The van der Waals surface area contributed by atoms with Crippen molar-refractivity contribution in [3.8, 4) is 5.75 Å². The Kier molecular flexibility index (Phi) is 4.48. The average molecular weight is 309 g/mol. The lowest BCUT2D eigenvalue weighted by Crippen LogP contribution is -1.94. The molecule has 1 aromatic heterocycles. The Bertz CT molecular complexity index is 505. The van der Waals surface area contributed by atoms with Gasteiger partial charge in [0.05, 0.1) is 11.9 Å². The van der Waals surface area contributed by atoms with Gasteiger partial charge < -0.3 is 9.15 Å². The van der Waals surface area contributed by atoms with Crippen LogP contribution >= 0.6 is 15.9 Å². The first kappa shape index (κ1) is 13.2. The van der Waals surface area contributed by atoms with Crippen LogP contribution in [0.4, 0.5) is 0 Å². The lowest BCUT2D eigenvalue weighted by molar-refractivity contribution is 0.414. The van der Waals surface area contributed by atoms with Crippen LogP contribution in [0.15, 0.2) is 40.8 Å². The summed E-state index contributed by atoms with van der Waals surface area (Å²) >= 11 is 3.68. The Balaban J connectivity index is 2.08. The Morgan fingerprint density at radius 2 is 2.11 bits per heavy atom. The number of rotatable bonds is 5. The van der Waals surface area contributed by atoms with E-state index in [9.17, 15) is 0 Å². The van der Waals surface area contributed by atoms with Gasteiger partial charge in [-0.15, -0.1) is 0 Å². The van der Waals surface area contributed by atoms with Gasteiger partial charge in [-0.2, -0.15) is 0 Å². The summed E-state index contributed by atoms with van der Waals surface area (Å²) in [5, 5.41) is 0. The second kappa shape index (κ2) is 6.10. The fraction of sp³-hybridized carbons (Fsp3) is 0.333. The van der Waals surface area contributed by atoms with Crippen LogP contribution in [-0.4, -0.2) is 7.11 Å². The molecule has 2 rings (SSSR count). The molecule has 1 heterocycles. The molecule has 3 heteroatoms. The molecule has 1 aromatic carbocycles. The molecule has 0 N–H and O–H groups in total. The summed E-state index contributed by atoms with van der Waals surface area (Å²) in [6, 6.07) is 12.2. The summed E-state index contributed by atoms with van der Waals surface area (Å²) in [6.07, 6.45) is 1.81. The number of alkyl halides is 1. The van der Waals surface area contributed by atoms with Gasteiger partial charge in [0.15, 0.2) is 0 Å². The fourth-order valence-electron chi connectivity index (χ4n) is 1.86. The van der Waals surface area contributed by atoms with Gasteiger partial charge in [0.2, 0.25) is 0 Å². The number of benzene rings is 1. The first-order chi connectivity index (χ1) is 8.72. The molecule has 0 fully saturated rings. The number of halogens is 1. The fourth-order valence-corrected chi connectivity index (χ4v) is 2.48. The maximum absolute atomic E-state index is 5.75. The van der Waals surface area contributed by atoms with E-state index < -0.39 is 0 Å². The van der Waals surface area contributed by atoms with Crippen molar-refractivity contribution in [2.75, 3.05) is 7.11 Å². The molecule has 0 aliphatic rings. The minimum atomic E-state index is 0.199. The van der Waals surface area contributed by atoms with Crippen molar-refractivity contribution in [2.45, 2.75) is 24.6 Å². The summed E-state index contributed by atoms with van der Waals surface area (Å²) in [7, 11) is 1.69. The zero-order valence-corrected chi connectivity index (χ0v) is 12.2.